The van der Waals surface area contributed by atoms with Crippen molar-refractivity contribution in [2.45, 2.75) is 167 Å². The molecule has 0 aliphatic carbocycles. The molecule has 1 aliphatic heterocycles. The van der Waals surface area contributed by atoms with Gasteiger partial charge in [0, 0.05) is 22.5 Å². The molecule has 0 aromatic rings. The van der Waals surface area contributed by atoms with Gasteiger partial charge < -0.3 is 0 Å². The first-order chi connectivity index (χ1) is 12.6. The van der Waals surface area contributed by atoms with E-state index in [1.54, 1.807) is 6.04 Å². The van der Waals surface area contributed by atoms with Gasteiger partial charge in [0.2, 0.25) is 0 Å². The maximum absolute atomic E-state index is 2.92. The maximum Gasteiger partial charge on any atom is 0.0534 e. The average Bonchev–Trinajstić information content (AvgIpc) is 2.59. The van der Waals surface area contributed by atoms with E-state index in [-0.39, 0.29) is 0 Å². The molecule has 1 atom stereocenters. The van der Waals surface area contributed by atoms with Crippen molar-refractivity contribution in [2.75, 3.05) is 0 Å². The summed E-state index contributed by atoms with van der Waals surface area (Å²) in [7, 11) is -5.58. The molecule has 179 valence electrons. The van der Waals surface area contributed by atoms with Crippen molar-refractivity contribution >= 4 is 30.1 Å². The predicted octanol–water partition coefficient (Wildman–Crippen LogP) is 10.1. The molecular weight excluding hydrogens is 425 g/mol. The van der Waals surface area contributed by atoms with E-state index in [9.17, 15) is 0 Å². The third-order valence-electron chi connectivity index (χ3n) is 10.5. The summed E-state index contributed by atoms with van der Waals surface area (Å²) in [6, 6.07) is 1.58. The molecule has 1 aliphatic rings. The standard InChI is InChI=1S/C26H59Si4/c1-21(2,3)28(18,22(4,5)6)27-20-26(16,17)29(19,23(7,8)9)30(27,24(10,11)12)25(13,14)15/h20H2,1-19H3. The zero-order chi connectivity index (χ0) is 24.8. The second-order valence-corrected chi connectivity index (χ2v) is 50.1. The maximum atomic E-state index is 2.92. The minimum Gasteiger partial charge on any atom is -0.0707 e. The van der Waals surface area contributed by atoms with Crippen LogP contribution >= 0.6 is 0 Å². The molecule has 4 heteroatoms. The Bertz CT molecular complexity index is 613. The van der Waals surface area contributed by atoms with Crippen molar-refractivity contribution in [2.24, 2.45) is 0 Å². The molecular formula is C26H59Si4. The Hall–Kier alpha value is 0.868. The van der Waals surface area contributed by atoms with Gasteiger partial charge in [-0.3, -0.25) is 0 Å². The van der Waals surface area contributed by atoms with E-state index >= 15 is 0 Å². The smallest absolute Gasteiger partial charge is 0.0534 e. The Labute approximate surface area is 196 Å². The van der Waals surface area contributed by atoms with E-state index in [1.807, 2.05) is 0 Å². The van der Waals surface area contributed by atoms with Crippen LogP contribution in [-0.4, -0.2) is 30.1 Å². The van der Waals surface area contributed by atoms with Gasteiger partial charge in [0.15, 0.2) is 0 Å². The molecule has 0 N–H and O–H groups in total. The average molecular weight is 484 g/mol. The van der Waals surface area contributed by atoms with Gasteiger partial charge in [-0.05, 0) is 30.2 Å². The molecule has 1 heterocycles. The molecule has 0 aromatic heterocycles. The van der Waals surface area contributed by atoms with Crippen molar-refractivity contribution in [1.29, 1.82) is 0 Å². The predicted molar refractivity (Wildman–Crippen MR) is 152 cm³/mol. The highest BCUT2D eigenvalue weighted by Crippen LogP contribution is 2.76. The summed E-state index contributed by atoms with van der Waals surface area (Å²) < 4.78 is 0. The molecule has 1 rings (SSSR count). The van der Waals surface area contributed by atoms with Crippen LogP contribution < -0.4 is 0 Å². The molecule has 1 unspecified atom stereocenters. The minimum atomic E-state index is -1.74. The highest BCUT2D eigenvalue weighted by atomic mass is 29.8. The molecule has 0 nitrogen and oxygen atoms in total. The molecule has 1 radical (unpaired) electrons. The molecule has 0 spiro atoms. The quantitative estimate of drug-likeness (QED) is 0.325. The van der Waals surface area contributed by atoms with Gasteiger partial charge in [-0.1, -0.05) is 137 Å². The van der Waals surface area contributed by atoms with Gasteiger partial charge >= 0.3 is 0 Å². The molecule has 30 heavy (non-hydrogen) atoms. The van der Waals surface area contributed by atoms with Gasteiger partial charge in [0.05, 0.1) is 7.59 Å². The van der Waals surface area contributed by atoms with Crippen LogP contribution in [0.3, 0.4) is 0 Å². The first-order valence-electron chi connectivity index (χ1n) is 12.5. The van der Waals surface area contributed by atoms with Crippen LogP contribution in [-0.2, 0) is 0 Å². The van der Waals surface area contributed by atoms with Crippen LogP contribution in [0.4, 0.5) is 0 Å². The minimum absolute atomic E-state index is 0.445. The summed E-state index contributed by atoms with van der Waals surface area (Å²) in [4.78, 5) is 0. The van der Waals surface area contributed by atoms with Crippen LogP contribution in [0.5, 0.6) is 0 Å². The Morgan fingerprint density at radius 1 is 0.633 bits per heavy atom. The topological polar surface area (TPSA) is 0 Å². The van der Waals surface area contributed by atoms with Crippen LogP contribution in [0.15, 0.2) is 0 Å². The third-order valence-corrected chi connectivity index (χ3v) is 79.1. The van der Waals surface area contributed by atoms with Crippen LogP contribution in [0.25, 0.3) is 0 Å². The van der Waals surface area contributed by atoms with Gasteiger partial charge in [0.1, 0.15) is 0 Å². The van der Waals surface area contributed by atoms with E-state index in [2.05, 4.69) is 131 Å². The van der Waals surface area contributed by atoms with Crippen LogP contribution in [0.2, 0.25) is 49.4 Å². The van der Waals surface area contributed by atoms with Crippen molar-refractivity contribution < 1.29 is 0 Å². The van der Waals surface area contributed by atoms with E-state index < -0.39 is 30.1 Å². The molecule has 0 aromatic carbocycles. The highest BCUT2D eigenvalue weighted by molar-refractivity contribution is 7.82. The Balaban J connectivity index is 4.41. The van der Waals surface area contributed by atoms with E-state index in [4.69, 9.17) is 0 Å². The van der Waals surface area contributed by atoms with Gasteiger partial charge in [-0.15, -0.1) is 0 Å². The van der Waals surface area contributed by atoms with Crippen molar-refractivity contribution in [3.63, 3.8) is 0 Å². The molecule has 1 saturated heterocycles. The van der Waals surface area contributed by atoms with Gasteiger partial charge in [-0.25, -0.2) is 0 Å². The summed E-state index contributed by atoms with van der Waals surface area (Å²) in [6.45, 7) is 51.2. The normalized spacial score (nSPS) is 26.9. The van der Waals surface area contributed by atoms with Crippen LogP contribution in [0, 0.1) is 0 Å². The lowest BCUT2D eigenvalue weighted by atomic mass is 10.2. The fourth-order valence-corrected chi connectivity index (χ4v) is 112. The molecule has 0 saturated carbocycles. The van der Waals surface area contributed by atoms with Crippen molar-refractivity contribution in [3.8, 4) is 0 Å². The van der Waals surface area contributed by atoms with Crippen LogP contribution in [0.1, 0.15) is 118 Å². The van der Waals surface area contributed by atoms with E-state index in [0.29, 0.717) is 30.2 Å². The number of hydrogen-bond acceptors (Lipinski definition) is 0. The highest BCUT2D eigenvalue weighted by Gasteiger charge is 2.82. The fraction of sp³-hybridized carbons (Fsp3) is 1.00. The summed E-state index contributed by atoms with van der Waals surface area (Å²) in [5.41, 5.74) is 0. The van der Waals surface area contributed by atoms with E-state index in [0.717, 1.165) is 0 Å². The number of hydrogen-bond donors (Lipinski definition) is 0. The largest absolute Gasteiger partial charge is 0.0707 e. The first-order valence-corrected chi connectivity index (χ1v) is 24.2. The van der Waals surface area contributed by atoms with Gasteiger partial charge in [0.25, 0.3) is 0 Å². The van der Waals surface area contributed by atoms with Gasteiger partial charge in [-0.2, -0.15) is 0 Å². The molecule has 1 fully saturated rings. The summed E-state index contributed by atoms with van der Waals surface area (Å²) >= 11 is 0. The zero-order valence-corrected chi connectivity index (χ0v) is 28.7. The Morgan fingerprint density at radius 3 is 1.13 bits per heavy atom. The first kappa shape index (κ1) is 28.9. The lowest BCUT2D eigenvalue weighted by Crippen LogP contribution is -2.84. The summed E-state index contributed by atoms with van der Waals surface area (Å²) in [5.74, 6) is 0. The molecule has 0 amide bonds. The number of rotatable bonds is 1. The third kappa shape index (κ3) is 3.43. The Morgan fingerprint density at radius 2 is 0.933 bits per heavy atom. The SMILES string of the molecule is CC(C)(C)[Si](C)([Si]1CC(C)(C)[Si](C)(C(C)(C)C)[Si]1(C(C)(C)C)C(C)(C)C)C(C)(C)C. The molecule has 0 bridgehead atoms. The zero-order valence-electron chi connectivity index (χ0n) is 24.7. The summed E-state index contributed by atoms with van der Waals surface area (Å²) in [6.07, 6.45) is 0. The second kappa shape index (κ2) is 7.18. The van der Waals surface area contributed by atoms with E-state index in [1.165, 1.54) is 0 Å². The lowest BCUT2D eigenvalue weighted by molar-refractivity contribution is 0.609. The van der Waals surface area contributed by atoms with Crippen molar-refractivity contribution in [1.82, 2.24) is 0 Å². The monoisotopic (exact) mass is 483 g/mol. The fourth-order valence-electron chi connectivity index (χ4n) is 9.25. The Kier molecular flexibility index (Phi) is 6.92. The summed E-state index contributed by atoms with van der Waals surface area (Å²) in [5, 5.41) is 2.76. The van der Waals surface area contributed by atoms with Crippen molar-refractivity contribution in [3.05, 3.63) is 0 Å². The lowest BCUT2D eigenvalue weighted by Gasteiger charge is -2.69. The second-order valence-electron chi connectivity index (χ2n) is 16.8.